The van der Waals surface area contributed by atoms with Crippen molar-refractivity contribution in [1.82, 2.24) is 5.32 Å². The lowest BCUT2D eigenvalue weighted by atomic mass is 10.1. The van der Waals surface area contributed by atoms with Crippen LogP contribution < -0.4 is 15.8 Å². The van der Waals surface area contributed by atoms with Crippen molar-refractivity contribution in [1.29, 1.82) is 0 Å². The highest BCUT2D eigenvalue weighted by atomic mass is 16.5. The van der Waals surface area contributed by atoms with Crippen LogP contribution in [0.4, 0.5) is 0 Å². The zero-order valence-electron chi connectivity index (χ0n) is 8.62. The first-order valence-corrected chi connectivity index (χ1v) is 4.97. The Bertz CT molecular complexity index is 390. The molecule has 4 heteroatoms. The van der Waals surface area contributed by atoms with Crippen LogP contribution in [-0.4, -0.2) is 18.6 Å². The molecule has 0 aliphatic carbocycles. The molecule has 1 amide bonds. The highest BCUT2D eigenvalue weighted by Crippen LogP contribution is 2.23. The minimum atomic E-state index is -0.425. The van der Waals surface area contributed by atoms with Crippen LogP contribution in [0.5, 0.6) is 5.75 Å². The summed E-state index contributed by atoms with van der Waals surface area (Å²) in [4.78, 5) is 11.0. The number of carbonyl (C=O) groups is 1. The molecule has 0 aromatic heterocycles. The van der Waals surface area contributed by atoms with Gasteiger partial charge < -0.3 is 15.8 Å². The summed E-state index contributed by atoms with van der Waals surface area (Å²) in [6, 6.07) is 5.31. The van der Waals surface area contributed by atoms with E-state index in [0.29, 0.717) is 5.56 Å². The topological polar surface area (TPSA) is 64.3 Å². The van der Waals surface area contributed by atoms with Crippen molar-refractivity contribution >= 4 is 5.91 Å². The molecular formula is C11H14N2O2. The minimum absolute atomic E-state index is 0.106. The van der Waals surface area contributed by atoms with E-state index < -0.39 is 5.91 Å². The normalized spacial score (nSPS) is 19.9. The first-order valence-electron chi connectivity index (χ1n) is 4.97. The number of fused-ring (bicyclic) bond motifs is 1. The van der Waals surface area contributed by atoms with E-state index in [1.807, 2.05) is 13.0 Å². The van der Waals surface area contributed by atoms with Crippen LogP contribution in [0.25, 0.3) is 0 Å². The number of carbonyl (C=O) groups excluding carboxylic acids is 1. The highest BCUT2D eigenvalue weighted by molar-refractivity contribution is 5.93. The zero-order valence-corrected chi connectivity index (χ0v) is 8.62. The summed E-state index contributed by atoms with van der Waals surface area (Å²) < 4.78 is 5.68. The van der Waals surface area contributed by atoms with Crippen molar-refractivity contribution in [2.45, 2.75) is 19.6 Å². The molecule has 0 bridgehead atoms. The standard InChI is InChI=1S/C11H14N2O2/c1-7-5-13-6-9-3-2-8(11(12)14)4-10(9)15-7/h2-4,7,13H,5-6H2,1H3,(H2,12,14). The summed E-state index contributed by atoms with van der Waals surface area (Å²) >= 11 is 0. The van der Waals surface area contributed by atoms with Gasteiger partial charge in [-0.25, -0.2) is 0 Å². The van der Waals surface area contributed by atoms with E-state index in [2.05, 4.69) is 5.32 Å². The van der Waals surface area contributed by atoms with Crippen LogP contribution in [0.2, 0.25) is 0 Å². The second kappa shape index (κ2) is 3.90. The second-order valence-corrected chi connectivity index (χ2v) is 3.75. The summed E-state index contributed by atoms with van der Waals surface area (Å²) in [6.45, 7) is 3.55. The van der Waals surface area contributed by atoms with E-state index >= 15 is 0 Å². The molecule has 80 valence electrons. The summed E-state index contributed by atoms with van der Waals surface area (Å²) in [7, 11) is 0. The number of nitrogens with two attached hydrogens (primary N) is 1. The van der Waals surface area contributed by atoms with Gasteiger partial charge in [-0.15, -0.1) is 0 Å². The molecule has 1 atom stereocenters. The Morgan fingerprint density at radius 1 is 1.60 bits per heavy atom. The van der Waals surface area contributed by atoms with E-state index in [4.69, 9.17) is 10.5 Å². The fraction of sp³-hybridized carbons (Fsp3) is 0.364. The molecule has 15 heavy (non-hydrogen) atoms. The van der Waals surface area contributed by atoms with Gasteiger partial charge in [0.15, 0.2) is 0 Å². The van der Waals surface area contributed by atoms with Crippen molar-refractivity contribution in [3.8, 4) is 5.75 Å². The van der Waals surface area contributed by atoms with E-state index in [0.717, 1.165) is 24.4 Å². The predicted octanol–water partition coefficient (Wildman–Crippen LogP) is 0.656. The maximum Gasteiger partial charge on any atom is 0.248 e. The van der Waals surface area contributed by atoms with E-state index in [-0.39, 0.29) is 6.10 Å². The third-order valence-electron chi connectivity index (χ3n) is 2.43. The van der Waals surface area contributed by atoms with Gasteiger partial charge in [0.05, 0.1) is 0 Å². The summed E-state index contributed by atoms with van der Waals surface area (Å²) in [6.07, 6.45) is 0.106. The molecule has 2 rings (SSSR count). The van der Waals surface area contributed by atoms with Crippen molar-refractivity contribution < 1.29 is 9.53 Å². The van der Waals surface area contributed by atoms with Gasteiger partial charge in [-0.05, 0) is 19.1 Å². The minimum Gasteiger partial charge on any atom is -0.489 e. The van der Waals surface area contributed by atoms with Gasteiger partial charge in [-0.3, -0.25) is 4.79 Å². The van der Waals surface area contributed by atoms with Gasteiger partial charge in [0, 0.05) is 24.2 Å². The molecule has 1 heterocycles. The van der Waals surface area contributed by atoms with E-state index in [1.54, 1.807) is 12.1 Å². The molecule has 0 spiro atoms. The Balaban J connectivity index is 2.37. The maximum atomic E-state index is 11.0. The molecule has 1 aromatic rings. The van der Waals surface area contributed by atoms with Crippen molar-refractivity contribution in [3.05, 3.63) is 29.3 Å². The Morgan fingerprint density at radius 2 is 2.40 bits per heavy atom. The number of primary amides is 1. The fourth-order valence-electron chi connectivity index (χ4n) is 1.63. The number of amides is 1. The lowest BCUT2D eigenvalue weighted by Crippen LogP contribution is -2.24. The largest absolute Gasteiger partial charge is 0.489 e. The van der Waals surface area contributed by atoms with Crippen LogP contribution in [0.1, 0.15) is 22.8 Å². The van der Waals surface area contributed by atoms with Gasteiger partial charge in [-0.1, -0.05) is 6.07 Å². The van der Waals surface area contributed by atoms with Gasteiger partial charge >= 0.3 is 0 Å². The monoisotopic (exact) mass is 206 g/mol. The maximum absolute atomic E-state index is 11.0. The van der Waals surface area contributed by atoms with Crippen LogP contribution in [-0.2, 0) is 6.54 Å². The number of benzene rings is 1. The number of nitrogens with one attached hydrogen (secondary N) is 1. The molecule has 1 aliphatic rings. The average Bonchev–Trinajstić information content (AvgIpc) is 2.37. The molecule has 0 saturated carbocycles. The third-order valence-corrected chi connectivity index (χ3v) is 2.43. The SMILES string of the molecule is CC1CNCc2ccc(C(N)=O)cc2O1. The van der Waals surface area contributed by atoms with Crippen LogP contribution >= 0.6 is 0 Å². The van der Waals surface area contributed by atoms with Crippen molar-refractivity contribution in [2.24, 2.45) is 5.73 Å². The third kappa shape index (κ3) is 2.10. The Morgan fingerprint density at radius 3 is 3.13 bits per heavy atom. The van der Waals surface area contributed by atoms with E-state index in [9.17, 15) is 4.79 Å². The fourth-order valence-corrected chi connectivity index (χ4v) is 1.63. The van der Waals surface area contributed by atoms with Gasteiger partial charge in [-0.2, -0.15) is 0 Å². The van der Waals surface area contributed by atoms with E-state index in [1.165, 1.54) is 0 Å². The number of rotatable bonds is 1. The molecule has 1 aromatic carbocycles. The Labute approximate surface area is 88.4 Å². The Hall–Kier alpha value is -1.55. The predicted molar refractivity (Wildman–Crippen MR) is 56.8 cm³/mol. The van der Waals surface area contributed by atoms with Crippen LogP contribution in [0.3, 0.4) is 0 Å². The molecule has 1 unspecified atom stereocenters. The summed E-state index contributed by atoms with van der Waals surface area (Å²) in [5, 5.41) is 3.26. The molecular weight excluding hydrogens is 192 g/mol. The van der Waals surface area contributed by atoms with Gasteiger partial charge in [0.1, 0.15) is 11.9 Å². The van der Waals surface area contributed by atoms with Crippen LogP contribution in [0.15, 0.2) is 18.2 Å². The molecule has 0 saturated heterocycles. The van der Waals surface area contributed by atoms with Gasteiger partial charge in [0.2, 0.25) is 5.91 Å². The average molecular weight is 206 g/mol. The van der Waals surface area contributed by atoms with Crippen molar-refractivity contribution in [2.75, 3.05) is 6.54 Å². The second-order valence-electron chi connectivity index (χ2n) is 3.75. The summed E-state index contributed by atoms with van der Waals surface area (Å²) in [5.41, 5.74) is 6.76. The number of ether oxygens (including phenoxy) is 1. The lowest BCUT2D eigenvalue weighted by Gasteiger charge is -2.12. The van der Waals surface area contributed by atoms with Gasteiger partial charge in [0.25, 0.3) is 0 Å². The first-order chi connectivity index (χ1) is 7.16. The zero-order chi connectivity index (χ0) is 10.8. The smallest absolute Gasteiger partial charge is 0.248 e. The quantitative estimate of drug-likeness (QED) is 0.709. The molecule has 4 nitrogen and oxygen atoms in total. The number of hydrogen-bond donors (Lipinski definition) is 2. The molecule has 0 fully saturated rings. The lowest BCUT2D eigenvalue weighted by molar-refractivity contribution is 0.0999. The molecule has 0 radical (unpaired) electrons. The summed E-state index contributed by atoms with van der Waals surface area (Å²) in [5.74, 6) is 0.329. The van der Waals surface area contributed by atoms with Crippen molar-refractivity contribution in [3.63, 3.8) is 0 Å². The molecule has 3 N–H and O–H groups in total. The molecule has 1 aliphatic heterocycles. The first kappa shape index (κ1) is 9.98. The highest BCUT2D eigenvalue weighted by Gasteiger charge is 2.14. The number of hydrogen-bond acceptors (Lipinski definition) is 3. The Kier molecular flexibility index (Phi) is 2.60. The van der Waals surface area contributed by atoms with Crippen LogP contribution in [0, 0.1) is 0 Å².